The number of ether oxygens (including phenoxy) is 1. The quantitative estimate of drug-likeness (QED) is 0.437. The van der Waals surface area contributed by atoms with Crippen molar-refractivity contribution in [3.63, 3.8) is 0 Å². The van der Waals surface area contributed by atoms with Gasteiger partial charge in [0.1, 0.15) is 0 Å². The van der Waals surface area contributed by atoms with Crippen LogP contribution in [-0.2, 0) is 17.2 Å². The van der Waals surface area contributed by atoms with Gasteiger partial charge in [-0.15, -0.1) is 0 Å². The minimum atomic E-state index is -2.86. The molecule has 0 fully saturated rings. The van der Waals surface area contributed by atoms with Crippen LogP contribution in [0.5, 0.6) is 0 Å². The van der Waals surface area contributed by atoms with Crippen LogP contribution in [-0.4, -0.2) is 42.6 Å². The van der Waals surface area contributed by atoms with Crippen molar-refractivity contribution in [3.8, 4) is 0 Å². The number of benzene rings is 1. The number of alkyl halides is 2. The predicted octanol–water partition coefficient (Wildman–Crippen LogP) is 4.69. The molecule has 0 saturated carbocycles. The third kappa shape index (κ3) is 8.04. The van der Waals surface area contributed by atoms with Crippen LogP contribution in [0.15, 0.2) is 60.4 Å². The topological polar surface area (TPSA) is 80.5 Å². The van der Waals surface area contributed by atoms with Gasteiger partial charge in [0.05, 0.1) is 24.1 Å². The van der Waals surface area contributed by atoms with E-state index in [0.717, 1.165) is 30.3 Å². The minimum absolute atomic E-state index is 0.00605. The van der Waals surface area contributed by atoms with Crippen molar-refractivity contribution in [3.05, 3.63) is 82.8 Å². The van der Waals surface area contributed by atoms with Gasteiger partial charge in [-0.05, 0) is 31.0 Å². The summed E-state index contributed by atoms with van der Waals surface area (Å²) in [6.45, 7) is 7.07. The van der Waals surface area contributed by atoms with Crippen molar-refractivity contribution < 1.29 is 18.3 Å². The lowest BCUT2D eigenvalue weighted by Crippen LogP contribution is -2.33. The highest BCUT2D eigenvalue weighted by Crippen LogP contribution is 2.27. The Labute approximate surface area is 200 Å². The normalized spacial score (nSPS) is 12.7. The number of pyridine rings is 1. The lowest BCUT2D eigenvalue weighted by Gasteiger charge is -2.25. The van der Waals surface area contributed by atoms with Crippen molar-refractivity contribution >= 4 is 11.7 Å². The third-order valence-corrected chi connectivity index (χ3v) is 5.22. The predicted molar refractivity (Wildman–Crippen MR) is 131 cm³/mol. The van der Waals surface area contributed by atoms with Crippen LogP contribution >= 0.6 is 0 Å². The first kappa shape index (κ1) is 27.1. The van der Waals surface area contributed by atoms with E-state index in [1.807, 2.05) is 26.0 Å². The highest BCUT2D eigenvalue weighted by atomic mass is 19.3. The summed E-state index contributed by atoms with van der Waals surface area (Å²) < 4.78 is 31.9. The average Bonchev–Trinajstić information content (AvgIpc) is 2.82. The summed E-state index contributed by atoms with van der Waals surface area (Å²) in [6.07, 6.45) is 6.32. The van der Waals surface area contributed by atoms with Gasteiger partial charge in [0.15, 0.2) is 0 Å². The number of aromatic nitrogens is 1. The molecule has 0 aliphatic heterocycles. The Morgan fingerprint density at radius 2 is 1.97 bits per heavy atom. The summed E-state index contributed by atoms with van der Waals surface area (Å²) in [5, 5.41) is 3.43. The van der Waals surface area contributed by atoms with E-state index in [0.29, 0.717) is 37.4 Å². The molecule has 8 heteroatoms. The Bertz CT molecular complexity index is 999. The van der Waals surface area contributed by atoms with E-state index in [9.17, 15) is 13.6 Å². The Morgan fingerprint density at radius 3 is 2.53 bits per heavy atom. The molecule has 1 heterocycles. The van der Waals surface area contributed by atoms with Crippen molar-refractivity contribution in [2.45, 2.75) is 39.7 Å². The molecule has 0 aliphatic rings. The zero-order valence-corrected chi connectivity index (χ0v) is 20.3. The lowest BCUT2D eigenvalue weighted by atomic mass is 10.1. The number of methoxy groups -OCH3 is 1. The molecular formula is C26H34F2N4O2. The molecule has 34 heavy (non-hydrogen) atoms. The summed E-state index contributed by atoms with van der Waals surface area (Å²) in [5.74, 6) is -3.29. The Morgan fingerprint density at radius 1 is 1.26 bits per heavy atom. The molecule has 0 saturated heterocycles. The van der Waals surface area contributed by atoms with E-state index in [-0.39, 0.29) is 5.56 Å². The first-order valence-electron chi connectivity index (χ1n) is 11.3. The number of esters is 1. The first-order valence-corrected chi connectivity index (χ1v) is 11.3. The lowest BCUT2D eigenvalue weighted by molar-refractivity contribution is 0.0174. The van der Waals surface area contributed by atoms with Crippen molar-refractivity contribution in [1.29, 1.82) is 0 Å². The van der Waals surface area contributed by atoms with E-state index in [1.165, 1.54) is 19.2 Å². The molecule has 0 radical (unpaired) electrons. The van der Waals surface area contributed by atoms with Gasteiger partial charge in [-0.2, -0.15) is 0 Å². The van der Waals surface area contributed by atoms with Crippen LogP contribution in [0.3, 0.4) is 0 Å². The Kier molecular flexibility index (Phi) is 10.3. The smallest absolute Gasteiger partial charge is 0.337 e. The van der Waals surface area contributed by atoms with Crippen LogP contribution in [0.4, 0.5) is 8.78 Å². The fraction of sp³-hybridized carbons (Fsp3) is 0.385. The molecule has 2 rings (SSSR count). The highest BCUT2D eigenvalue weighted by molar-refractivity contribution is 5.90. The zero-order chi connectivity index (χ0) is 25.1. The average molecular weight is 473 g/mol. The van der Waals surface area contributed by atoms with Gasteiger partial charge in [-0.1, -0.05) is 43.3 Å². The monoisotopic (exact) mass is 472 g/mol. The molecule has 0 spiro atoms. The highest BCUT2D eigenvalue weighted by Gasteiger charge is 2.23. The maximum Gasteiger partial charge on any atom is 0.337 e. The van der Waals surface area contributed by atoms with E-state index in [2.05, 4.69) is 15.2 Å². The number of nitrogens with one attached hydrogen (secondary N) is 1. The van der Waals surface area contributed by atoms with Gasteiger partial charge >= 0.3 is 5.97 Å². The number of nitrogens with two attached hydrogens (primary N) is 1. The number of hydrogen-bond donors (Lipinski definition) is 2. The number of carbonyl (C=O) groups excluding carboxylic acids is 1. The maximum atomic E-state index is 13.5. The van der Waals surface area contributed by atoms with E-state index < -0.39 is 11.9 Å². The molecule has 184 valence electrons. The molecule has 0 unspecified atom stereocenters. The Balaban J connectivity index is 2.18. The van der Waals surface area contributed by atoms with Gasteiger partial charge in [-0.3, -0.25) is 9.88 Å². The molecule has 1 aromatic heterocycles. The van der Waals surface area contributed by atoms with Crippen molar-refractivity contribution in [1.82, 2.24) is 15.2 Å². The first-order chi connectivity index (χ1) is 16.2. The van der Waals surface area contributed by atoms with Gasteiger partial charge < -0.3 is 15.8 Å². The largest absolute Gasteiger partial charge is 0.465 e. The second-order valence-electron chi connectivity index (χ2n) is 7.97. The third-order valence-electron chi connectivity index (χ3n) is 5.22. The molecular weight excluding hydrogens is 438 g/mol. The number of allylic oxidation sites excluding steroid dienone is 2. The van der Waals surface area contributed by atoms with Crippen LogP contribution < -0.4 is 11.1 Å². The van der Waals surface area contributed by atoms with E-state index >= 15 is 0 Å². The summed E-state index contributed by atoms with van der Waals surface area (Å²) >= 11 is 0. The van der Waals surface area contributed by atoms with E-state index in [4.69, 9.17) is 10.5 Å². The number of halogens is 2. The number of carbonyl (C=O) groups is 1. The molecule has 3 N–H and O–H groups in total. The van der Waals surface area contributed by atoms with Crippen LogP contribution in [0.2, 0.25) is 0 Å². The summed E-state index contributed by atoms with van der Waals surface area (Å²) in [4.78, 5) is 18.5. The second-order valence-corrected chi connectivity index (χ2v) is 7.97. The van der Waals surface area contributed by atoms with Crippen LogP contribution in [0, 0.1) is 0 Å². The number of nitrogens with zero attached hydrogens (tertiary/aromatic N) is 2. The van der Waals surface area contributed by atoms with Crippen LogP contribution in [0.1, 0.15) is 54.4 Å². The van der Waals surface area contributed by atoms with Crippen molar-refractivity contribution in [2.24, 2.45) is 5.73 Å². The standard InChI is InChI=1S/C26H34F2N4O2/c1-5-7-23(24-16-20(12-14-30-24)25(33)34-4)31-22(6-2)18-32(15-13-29)17-19-8-10-21(11-9-19)26(3,27)28/h6-12,14,16,31H,5,13,15,17-18,29H2,1-4H3/b22-6-,23-7+. The van der Waals surface area contributed by atoms with Gasteiger partial charge in [0, 0.05) is 50.6 Å². The SMILES string of the molecule is C/C=C(/CN(CCN)Cc1ccc(C(C)(F)F)cc1)N/C(=C/CC)c1cc(C(=O)OC)ccn1. The molecule has 1 aromatic carbocycles. The van der Waals surface area contributed by atoms with Gasteiger partial charge in [-0.25, -0.2) is 13.6 Å². The van der Waals surface area contributed by atoms with Gasteiger partial charge in [0.25, 0.3) is 5.92 Å². The Hall–Kier alpha value is -3.10. The fourth-order valence-electron chi connectivity index (χ4n) is 3.42. The molecule has 0 amide bonds. The number of rotatable bonds is 12. The minimum Gasteiger partial charge on any atom is -0.465 e. The number of hydrogen-bond acceptors (Lipinski definition) is 6. The van der Waals surface area contributed by atoms with Crippen LogP contribution in [0.25, 0.3) is 5.70 Å². The van der Waals surface area contributed by atoms with Crippen molar-refractivity contribution in [2.75, 3.05) is 26.7 Å². The molecule has 6 nitrogen and oxygen atoms in total. The maximum absolute atomic E-state index is 13.5. The fourth-order valence-corrected chi connectivity index (χ4v) is 3.42. The molecule has 0 atom stereocenters. The summed E-state index contributed by atoms with van der Waals surface area (Å²) in [7, 11) is 1.34. The zero-order valence-electron chi connectivity index (χ0n) is 20.3. The molecule has 0 bridgehead atoms. The molecule has 0 aliphatic carbocycles. The van der Waals surface area contributed by atoms with Gasteiger partial charge in [0.2, 0.25) is 0 Å². The summed E-state index contributed by atoms with van der Waals surface area (Å²) in [6, 6.07) is 9.68. The second kappa shape index (κ2) is 13.0. The molecule has 2 aromatic rings. The summed E-state index contributed by atoms with van der Waals surface area (Å²) in [5.41, 5.74) is 9.51. The van der Waals surface area contributed by atoms with E-state index in [1.54, 1.807) is 30.5 Å².